The molecular formula is C16H23N3O4. The number of hydrogen-bond donors (Lipinski definition) is 2. The van der Waals surface area contributed by atoms with Crippen LogP contribution in [-0.4, -0.2) is 63.2 Å². The van der Waals surface area contributed by atoms with Crippen molar-refractivity contribution < 1.29 is 19.1 Å². The molecule has 1 aliphatic heterocycles. The maximum Gasteiger partial charge on any atom is 0.254 e. The van der Waals surface area contributed by atoms with E-state index in [2.05, 4.69) is 10.6 Å². The predicted octanol–water partition coefficient (Wildman–Crippen LogP) is 0.714. The number of amides is 2. The lowest BCUT2D eigenvalue weighted by molar-refractivity contribution is -0.128. The maximum absolute atomic E-state index is 12.3. The Hall–Kier alpha value is -2.12. The largest absolute Gasteiger partial charge is 0.492 e. The molecule has 0 aromatic heterocycles. The molecule has 0 aliphatic carbocycles. The highest BCUT2D eigenvalue weighted by atomic mass is 16.5. The van der Waals surface area contributed by atoms with Crippen molar-refractivity contribution in [2.24, 2.45) is 0 Å². The van der Waals surface area contributed by atoms with Gasteiger partial charge in [0, 0.05) is 32.7 Å². The van der Waals surface area contributed by atoms with E-state index in [0.717, 1.165) is 6.54 Å². The molecule has 0 saturated carbocycles. The highest BCUT2D eigenvalue weighted by molar-refractivity contribution is 5.99. The van der Waals surface area contributed by atoms with E-state index in [4.69, 9.17) is 9.47 Å². The van der Waals surface area contributed by atoms with Crippen molar-refractivity contribution in [2.45, 2.75) is 13.0 Å². The average molecular weight is 321 g/mol. The highest BCUT2D eigenvalue weighted by Crippen LogP contribution is 2.26. The van der Waals surface area contributed by atoms with Crippen LogP contribution in [0.1, 0.15) is 17.3 Å². The molecule has 1 unspecified atom stereocenters. The van der Waals surface area contributed by atoms with Crippen LogP contribution in [0.15, 0.2) is 18.2 Å². The summed E-state index contributed by atoms with van der Waals surface area (Å²) in [6.07, 6.45) is -0.550. The van der Waals surface area contributed by atoms with Crippen LogP contribution in [0.3, 0.4) is 0 Å². The Morgan fingerprint density at radius 2 is 2.22 bits per heavy atom. The summed E-state index contributed by atoms with van der Waals surface area (Å²) in [5.41, 5.74) is 0.954. The molecule has 1 aliphatic rings. The van der Waals surface area contributed by atoms with Crippen LogP contribution in [0.25, 0.3) is 0 Å². The van der Waals surface area contributed by atoms with Gasteiger partial charge in [-0.15, -0.1) is 0 Å². The zero-order valence-corrected chi connectivity index (χ0v) is 13.7. The van der Waals surface area contributed by atoms with Crippen LogP contribution < -0.4 is 15.4 Å². The topological polar surface area (TPSA) is 79.9 Å². The van der Waals surface area contributed by atoms with Gasteiger partial charge in [-0.1, -0.05) is 0 Å². The standard InChI is InChI=1S/C16H23N3O4/c1-4-22-13-6-5-11(16(21)19(2)3)9-12(13)18-15(20)14-10-17-7-8-23-14/h5-6,9,14,17H,4,7-8,10H2,1-3H3,(H,18,20). The first-order chi connectivity index (χ1) is 11.0. The average Bonchev–Trinajstić information content (AvgIpc) is 2.56. The van der Waals surface area contributed by atoms with Gasteiger partial charge in [0.05, 0.1) is 18.9 Å². The molecule has 7 heteroatoms. The first kappa shape index (κ1) is 17.2. The summed E-state index contributed by atoms with van der Waals surface area (Å²) in [6.45, 7) is 4.02. The minimum atomic E-state index is -0.550. The molecule has 1 fully saturated rings. The number of anilines is 1. The third kappa shape index (κ3) is 4.43. The Bertz CT molecular complexity index is 568. The van der Waals surface area contributed by atoms with Crippen LogP contribution in [-0.2, 0) is 9.53 Å². The molecule has 7 nitrogen and oxygen atoms in total. The number of hydrogen-bond acceptors (Lipinski definition) is 5. The SMILES string of the molecule is CCOc1ccc(C(=O)N(C)C)cc1NC(=O)C1CNCCO1. The van der Waals surface area contributed by atoms with E-state index in [9.17, 15) is 9.59 Å². The fourth-order valence-electron chi connectivity index (χ4n) is 2.25. The first-order valence-corrected chi connectivity index (χ1v) is 7.64. The zero-order chi connectivity index (χ0) is 16.8. The van der Waals surface area contributed by atoms with E-state index in [1.807, 2.05) is 6.92 Å². The van der Waals surface area contributed by atoms with Gasteiger partial charge in [-0.05, 0) is 25.1 Å². The molecule has 1 heterocycles. The van der Waals surface area contributed by atoms with Gasteiger partial charge < -0.3 is 25.0 Å². The van der Waals surface area contributed by atoms with Crippen molar-refractivity contribution in [3.8, 4) is 5.75 Å². The number of carbonyl (C=O) groups excluding carboxylic acids is 2. The Morgan fingerprint density at radius 1 is 1.43 bits per heavy atom. The maximum atomic E-state index is 12.3. The summed E-state index contributed by atoms with van der Waals surface area (Å²) in [6, 6.07) is 5.00. The minimum Gasteiger partial charge on any atom is -0.492 e. The fraction of sp³-hybridized carbons (Fsp3) is 0.500. The normalized spacial score (nSPS) is 17.4. The highest BCUT2D eigenvalue weighted by Gasteiger charge is 2.23. The van der Waals surface area contributed by atoms with Gasteiger partial charge >= 0.3 is 0 Å². The number of nitrogens with zero attached hydrogens (tertiary/aromatic N) is 1. The van der Waals surface area contributed by atoms with Crippen LogP contribution in [0.5, 0.6) is 5.75 Å². The number of nitrogens with one attached hydrogen (secondary N) is 2. The number of morpholine rings is 1. The van der Waals surface area contributed by atoms with E-state index in [0.29, 0.717) is 36.8 Å². The molecular weight excluding hydrogens is 298 g/mol. The Morgan fingerprint density at radius 3 is 2.83 bits per heavy atom. The number of benzene rings is 1. The number of rotatable bonds is 5. The van der Waals surface area contributed by atoms with Crippen LogP contribution in [0.2, 0.25) is 0 Å². The second-order valence-electron chi connectivity index (χ2n) is 5.40. The van der Waals surface area contributed by atoms with Crippen molar-refractivity contribution in [1.82, 2.24) is 10.2 Å². The van der Waals surface area contributed by atoms with Crippen molar-refractivity contribution in [3.63, 3.8) is 0 Å². The van der Waals surface area contributed by atoms with E-state index in [1.165, 1.54) is 4.90 Å². The first-order valence-electron chi connectivity index (χ1n) is 7.64. The monoisotopic (exact) mass is 321 g/mol. The van der Waals surface area contributed by atoms with E-state index >= 15 is 0 Å². The molecule has 1 saturated heterocycles. The second-order valence-corrected chi connectivity index (χ2v) is 5.40. The van der Waals surface area contributed by atoms with Crippen molar-refractivity contribution in [1.29, 1.82) is 0 Å². The molecule has 23 heavy (non-hydrogen) atoms. The van der Waals surface area contributed by atoms with Crippen molar-refractivity contribution >= 4 is 17.5 Å². The molecule has 1 aromatic rings. The summed E-state index contributed by atoms with van der Waals surface area (Å²) < 4.78 is 11.0. The minimum absolute atomic E-state index is 0.140. The Balaban J connectivity index is 2.20. The quantitative estimate of drug-likeness (QED) is 0.835. The van der Waals surface area contributed by atoms with Crippen LogP contribution in [0.4, 0.5) is 5.69 Å². The van der Waals surface area contributed by atoms with Gasteiger partial charge in [0.2, 0.25) is 0 Å². The van der Waals surface area contributed by atoms with E-state index < -0.39 is 6.10 Å². The third-order valence-corrected chi connectivity index (χ3v) is 3.41. The summed E-state index contributed by atoms with van der Waals surface area (Å²) in [5.74, 6) is 0.131. The summed E-state index contributed by atoms with van der Waals surface area (Å²) in [7, 11) is 3.36. The van der Waals surface area contributed by atoms with Crippen LogP contribution >= 0.6 is 0 Å². The van der Waals surface area contributed by atoms with Gasteiger partial charge in [-0.3, -0.25) is 9.59 Å². The van der Waals surface area contributed by atoms with Gasteiger partial charge in [0.15, 0.2) is 0 Å². The lowest BCUT2D eigenvalue weighted by atomic mass is 10.1. The number of carbonyl (C=O) groups is 2. The molecule has 0 bridgehead atoms. The summed E-state index contributed by atoms with van der Waals surface area (Å²) in [4.78, 5) is 25.9. The molecule has 2 amide bonds. The van der Waals surface area contributed by atoms with Gasteiger partial charge in [0.1, 0.15) is 11.9 Å². The molecule has 2 N–H and O–H groups in total. The summed E-state index contributed by atoms with van der Waals surface area (Å²) in [5, 5.41) is 5.91. The zero-order valence-electron chi connectivity index (χ0n) is 13.7. The lowest BCUT2D eigenvalue weighted by Gasteiger charge is -2.23. The van der Waals surface area contributed by atoms with Crippen molar-refractivity contribution in [3.05, 3.63) is 23.8 Å². The number of ether oxygens (including phenoxy) is 2. The smallest absolute Gasteiger partial charge is 0.254 e. The molecule has 0 radical (unpaired) electrons. The molecule has 1 atom stereocenters. The third-order valence-electron chi connectivity index (χ3n) is 3.41. The van der Waals surface area contributed by atoms with Crippen LogP contribution in [0, 0.1) is 0 Å². The second kappa shape index (κ2) is 7.94. The molecule has 126 valence electrons. The molecule has 2 rings (SSSR count). The lowest BCUT2D eigenvalue weighted by Crippen LogP contribution is -2.45. The van der Waals surface area contributed by atoms with E-state index in [-0.39, 0.29) is 11.8 Å². The van der Waals surface area contributed by atoms with Gasteiger partial charge in [0.25, 0.3) is 11.8 Å². The van der Waals surface area contributed by atoms with Crippen molar-refractivity contribution in [2.75, 3.05) is 45.7 Å². The Labute approximate surface area is 135 Å². The predicted molar refractivity (Wildman–Crippen MR) is 86.9 cm³/mol. The van der Waals surface area contributed by atoms with Gasteiger partial charge in [-0.25, -0.2) is 0 Å². The fourth-order valence-corrected chi connectivity index (χ4v) is 2.25. The van der Waals surface area contributed by atoms with Gasteiger partial charge in [-0.2, -0.15) is 0 Å². The Kier molecular flexibility index (Phi) is 5.95. The molecule has 1 aromatic carbocycles. The van der Waals surface area contributed by atoms with E-state index in [1.54, 1.807) is 32.3 Å². The summed E-state index contributed by atoms with van der Waals surface area (Å²) >= 11 is 0. The molecule has 0 spiro atoms.